The topological polar surface area (TPSA) is 29.5 Å². The molecule has 3 aromatic rings. The Bertz CT molecular complexity index is 972. The van der Waals surface area contributed by atoms with Crippen LogP contribution in [-0.4, -0.2) is 19.4 Å². The first-order chi connectivity index (χ1) is 14.2. The quantitative estimate of drug-likeness (QED) is 0.413. The van der Waals surface area contributed by atoms with Crippen molar-refractivity contribution in [3.8, 4) is 5.75 Å². The number of hydrogen-bond donors (Lipinski definition) is 0. The molecule has 1 heterocycles. The summed E-state index contributed by atoms with van der Waals surface area (Å²) < 4.78 is 6.37. The van der Waals surface area contributed by atoms with Crippen LogP contribution in [0.5, 0.6) is 5.75 Å². The van der Waals surface area contributed by atoms with Crippen LogP contribution in [0.1, 0.15) is 34.8 Å². The van der Waals surface area contributed by atoms with E-state index in [9.17, 15) is 4.79 Å². The zero-order valence-corrected chi connectivity index (χ0v) is 18.0. The van der Waals surface area contributed by atoms with Gasteiger partial charge in [-0.2, -0.15) is 0 Å². The van der Waals surface area contributed by atoms with E-state index in [0.29, 0.717) is 6.42 Å². The molecule has 1 fully saturated rings. The van der Waals surface area contributed by atoms with Crippen LogP contribution in [0.15, 0.2) is 83.3 Å². The Kier molecular flexibility index (Phi) is 6.00. The lowest BCUT2D eigenvalue weighted by atomic mass is 9.88. The highest BCUT2D eigenvalue weighted by molar-refractivity contribution is 9.10. The van der Waals surface area contributed by atoms with Crippen LogP contribution in [0.4, 0.5) is 5.69 Å². The minimum atomic E-state index is 0.161. The van der Waals surface area contributed by atoms with Crippen LogP contribution >= 0.6 is 15.9 Å². The van der Waals surface area contributed by atoms with Crippen molar-refractivity contribution in [1.29, 1.82) is 0 Å². The molecule has 2 atom stereocenters. The van der Waals surface area contributed by atoms with Crippen molar-refractivity contribution in [3.63, 3.8) is 0 Å². The van der Waals surface area contributed by atoms with E-state index in [2.05, 4.69) is 51.2 Å². The highest BCUT2D eigenvalue weighted by Gasteiger charge is 2.36. The second-order valence-electron chi connectivity index (χ2n) is 7.43. The maximum atomic E-state index is 12.9. The Morgan fingerprint density at radius 3 is 2.48 bits per heavy atom. The average Bonchev–Trinajstić information content (AvgIpc) is 3.18. The number of carbonyl (C=O) groups excluding carboxylic acids is 1. The summed E-state index contributed by atoms with van der Waals surface area (Å²) in [6.45, 7) is 0.927. The maximum Gasteiger partial charge on any atom is 0.163 e. The number of rotatable bonds is 6. The largest absolute Gasteiger partial charge is 0.497 e. The molecule has 1 saturated heterocycles. The third kappa shape index (κ3) is 4.38. The van der Waals surface area contributed by atoms with E-state index in [0.717, 1.165) is 34.4 Å². The van der Waals surface area contributed by atoms with E-state index in [-0.39, 0.29) is 17.7 Å². The van der Waals surface area contributed by atoms with Gasteiger partial charge in [-0.15, -0.1) is 0 Å². The molecule has 0 bridgehead atoms. The minimum Gasteiger partial charge on any atom is -0.497 e. The molecule has 0 unspecified atom stereocenters. The first-order valence-corrected chi connectivity index (χ1v) is 10.7. The summed E-state index contributed by atoms with van der Waals surface area (Å²) in [6.07, 6.45) is 1.54. The summed E-state index contributed by atoms with van der Waals surface area (Å²) in [5, 5.41) is 0. The van der Waals surface area contributed by atoms with Gasteiger partial charge < -0.3 is 9.64 Å². The molecule has 0 saturated carbocycles. The van der Waals surface area contributed by atoms with Gasteiger partial charge in [0.05, 0.1) is 13.2 Å². The molecule has 3 aromatic carbocycles. The number of anilines is 1. The van der Waals surface area contributed by atoms with Crippen molar-refractivity contribution >= 4 is 27.4 Å². The molecule has 3 nitrogen and oxygen atoms in total. The predicted molar refractivity (Wildman–Crippen MR) is 121 cm³/mol. The fourth-order valence-corrected chi connectivity index (χ4v) is 4.67. The molecule has 1 aliphatic heterocycles. The van der Waals surface area contributed by atoms with Gasteiger partial charge in [0.15, 0.2) is 5.78 Å². The summed E-state index contributed by atoms with van der Waals surface area (Å²) in [4.78, 5) is 15.3. The maximum absolute atomic E-state index is 12.9. The first kappa shape index (κ1) is 19.7. The van der Waals surface area contributed by atoms with Crippen LogP contribution in [0.25, 0.3) is 0 Å². The first-order valence-electron chi connectivity index (χ1n) is 9.90. The highest BCUT2D eigenvalue weighted by Crippen LogP contribution is 2.43. The van der Waals surface area contributed by atoms with Crippen molar-refractivity contribution in [2.45, 2.75) is 18.9 Å². The van der Waals surface area contributed by atoms with E-state index < -0.39 is 0 Å². The van der Waals surface area contributed by atoms with Gasteiger partial charge in [-0.25, -0.2) is 0 Å². The smallest absolute Gasteiger partial charge is 0.163 e. The van der Waals surface area contributed by atoms with Gasteiger partial charge in [-0.1, -0.05) is 58.4 Å². The zero-order valence-electron chi connectivity index (χ0n) is 16.4. The Balaban J connectivity index is 1.64. The van der Waals surface area contributed by atoms with E-state index >= 15 is 0 Å². The number of ether oxygens (including phenoxy) is 1. The number of carbonyl (C=O) groups is 1. The Hall–Kier alpha value is -2.59. The number of Topliss-reactive ketones (excluding diaryl/α,β-unsaturated/α-hetero) is 1. The monoisotopic (exact) mass is 449 g/mol. The lowest BCUT2D eigenvalue weighted by molar-refractivity contribution is 0.0958. The second-order valence-corrected chi connectivity index (χ2v) is 8.35. The summed E-state index contributed by atoms with van der Waals surface area (Å²) in [5.74, 6) is 1.33. The third-order valence-electron chi connectivity index (χ3n) is 5.66. The number of ketones is 1. The van der Waals surface area contributed by atoms with Crippen molar-refractivity contribution in [2.24, 2.45) is 5.92 Å². The van der Waals surface area contributed by atoms with Gasteiger partial charge in [0.25, 0.3) is 0 Å². The fraction of sp³-hybridized carbons (Fsp3) is 0.240. The van der Waals surface area contributed by atoms with Gasteiger partial charge in [-0.05, 0) is 54.3 Å². The number of methoxy groups -OCH3 is 1. The molecule has 0 spiro atoms. The molecule has 0 aromatic heterocycles. The molecule has 0 amide bonds. The number of nitrogens with zero attached hydrogens (tertiary/aromatic N) is 1. The van der Waals surface area contributed by atoms with Crippen LogP contribution in [0.3, 0.4) is 0 Å². The third-order valence-corrected chi connectivity index (χ3v) is 6.15. The molecular formula is C25H24BrNO2. The number of hydrogen-bond acceptors (Lipinski definition) is 3. The molecule has 0 radical (unpaired) electrons. The van der Waals surface area contributed by atoms with Crippen molar-refractivity contribution in [3.05, 3.63) is 94.5 Å². The molecule has 148 valence electrons. The Morgan fingerprint density at radius 2 is 1.79 bits per heavy atom. The number of benzene rings is 3. The average molecular weight is 450 g/mol. The van der Waals surface area contributed by atoms with Gasteiger partial charge in [0.1, 0.15) is 5.75 Å². The standard InChI is InChI=1S/C25H24BrNO2/c1-29-23-12-10-22(11-13-23)27-15-14-20(17-24(28)18-6-3-2-4-7-18)25(27)19-8-5-9-21(26)16-19/h2-13,16,20,25H,14-15,17H2,1H3/t20-,25-/m0/s1. The molecule has 1 aliphatic rings. The molecule has 0 aliphatic carbocycles. The Morgan fingerprint density at radius 1 is 1.03 bits per heavy atom. The molecular weight excluding hydrogens is 426 g/mol. The highest BCUT2D eigenvalue weighted by atomic mass is 79.9. The molecule has 0 N–H and O–H groups in total. The van der Waals surface area contributed by atoms with Crippen LogP contribution in [0.2, 0.25) is 0 Å². The zero-order chi connectivity index (χ0) is 20.2. The Labute approximate surface area is 180 Å². The summed E-state index contributed by atoms with van der Waals surface area (Å²) >= 11 is 3.61. The van der Waals surface area contributed by atoms with E-state index in [4.69, 9.17) is 4.74 Å². The lowest BCUT2D eigenvalue weighted by Gasteiger charge is -2.31. The second kappa shape index (κ2) is 8.83. The normalized spacial score (nSPS) is 18.6. The van der Waals surface area contributed by atoms with Crippen LogP contribution in [0, 0.1) is 5.92 Å². The van der Waals surface area contributed by atoms with Gasteiger partial charge in [0.2, 0.25) is 0 Å². The minimum absolute atomic E-state index is 0.161. The van der Waals surface area contributed by atoms with Crippen molar-refractivity contribution in [1.82, 2.24) is 0 Å². The molecule has 4 heteroatoms. The van der Waals surface area contributed by atoms with Gasteiger partial charge >= 0.3 is 0 Å². The van der Waals surface area contributed by atoms with Crippen LogP contribution < -0.4 is 9.64 Å². The van der Waals surface area contributed by atoms with Gasteiger partial charge in [-0.3, -0.25) is 4.79 Å². The SMILES string of the molecule is COc1ccc(N2CC[C@@H](CC(=O)c3ccccc3)[C@@H]2c2cccc(Br)c2)cc1. The van der Waals surface area contributed by atoms with E-state index in [1.807, 2.05) is 48.5 Å². The molecule has 4 rings (SSSR count). The summed E-state index contributed by atoms with van der Waals surface area (Å²) in [7, 11) is 1.68. The fourth-order valence-electron chi connectivity index (χ4n) is 4.26. The summed E-state index contributed by atoms with van der Waals surface area (Å²) in [5.41, 5.74) is 3.19. The lowest BCUT2D eigenvalue weighted by Crippen LogP contribution is -2.26. The van der Waals surface area contributed by atoms with Gasteiger partial charge in [0, 0.05) is 28.7 Å². The number of halogens is 1. The van der Waals surface area contributed by atoms with Crippen LogP contribution in [-0.2, 0) is 0 Å². The van der Waals surface area contributed by atoms with E-state index in [1.54, 1.807) is 7.11 Å². The predicted octanol–water partition coefficient (Wildman–Crippen LogP) is 6.30. The summed E-state index contributed by atoms with van der Waals surface area (Å²) in [6, 6.07) is 26.4. The molecule has 29 heavy (non-hydrogen) atoms. The van der Waals surface area contributed by atoms with Crippen molar-refractivity contribution < 1.29 is 9.53 Å². The van der Waals surface area contributed by atoms with E-state index in [1.165, 1.54) is 5.56 Å². The van der Waals surface area contributed by atoms with Crippen molar-refractivity contribution in [2.75, 3.05) is 18.6 Å².